The Kier molecular flexibility index (Phi) is 4.14. The summed E-state index contributed by atoms with van der Waals surface area (Å²) in [5.74, 6) is -1.48. The van der Waals surface area contributed by atoms with Gasteiger partial charge in [-0.05, 0) is 25.1 Å². The minimum atomic E-state index is -1.17. The van der Waals surface area contributed by atoms with Gasteiger partial charge in [-0.1, -0.05) is 27.2 Å². The fourth-order valence-corrected chi connectivity index (χ4v) is 2.01. The predicted molar refractivity (Wildman–Crippen MR) is 74.5 cm³/mol. The van der Waals surface area contributed by atoms with Crippen LogP contribution in [0.2, 0.25) is 0 Å². The smallest absolute Gasteiger partial charge is 0.358 e. The van der Waals surface area contributed by atoms with Crippen molar-refractivity contribution in [2.24, 2.45) is 0 Å². The maximum absolute atomic E-state index is 11.9. The number of halogens is 1. The Balaban J connectivity index is 2.07. The van der Waals surface area contributed by atoms with E-state index in [1.54, 1.807) is 25.1 Å². The molecule has 0 saturated heterocycles. The zero-order chi connectivity index (χ0) is 14.7. The molecule has 1 aromatic heterocycles. The van der Waals surface area contributed by atoms with Gasteiger partial charge in [-0.3, -0.25) is 4.79 Å². The number of rotatable bonds is 4. The number of hydrogen-bond donors (Lipinski definition) is 2. The average Bonchev–Trinajstić information content (AvgIpc) is 2.71. The molecule has 8 heteroatoms. The van der Waals surface area contributed by atoms with E-state index in [-0.39, 0.29) is 18.1 Å². The lowest BCUT2D eigenvalue weighted by molar-refractivity contribution is -0.117. The van der Waals surface area contributed by atoms with Crippen LogP contribution < -0.4 is 5.32 Å². The Morgan fingerprint density at radius 3 is 2.80 bits per heavy atom. The first-order chi connectivity index (χ1) is 9.47. The summed E-state index contributed by atoms with van der Waals surface area (Å²) in [6.07, 6.45) is 0. The van der Waals surface area contributed by atoms with Gasteiger partial charge in [0.15, 0.2) is 5.69 Å². The molecule has 0 unspecified atom stereocenters. The van der Waals surface area contributed by atoms with Crippen molar-refractivity contribution in [1.82, 2.24) is 15.0 Å². The van der Waals surface area contributed by atoms with E-state index in [4.69, 9.17) is 5.11 Å². The van der Waals surface area contributed by atoms with Gasteiger partial charge in [0.05, 0.1) is 5.69 Å². The number of nitrogens with zero attached hydrogens (tertiary/aromatic N) is 3. The van der Waals surface area contributed by atoms with Crippen LogP contribution in [0.25, 0.3) is 0 Å². The largest absolute Gasteiger partial charge is 0.476 e. The van der Waals surface area contributed by atoms with E-state index in [0.717, 1.165) is 4.47 Å². The maximum atomic E-state index is 11.9. The molecule has 0 bridgehead atoms. The molecule has 0 spiro atoms. The number of carbonyl (C=O) groups excluding carboxylic acids is 1. The second-order valence-corrected chi connectivity index (χ2v) is 4.96. The van der Waals surface area contributed by atoms with Crippen molar-refractivity contribution in [3.63, 3.8) is 0 Å². The maximum Gasteiger partial charge on any atom is 0.358 e. The summed E-state index contributed by atoms with van der Waals surface area (Å²) in [6, 6.07) is 7.15. The number of amides is 1. The summed E-state index contributed by atoms with van der Waals surface area (Å²) in [5, 5.41) is 18.7. The van der Waals surface area contributed by atoms with Crippen molar-refractivity contribution in [2.75, 3.05) is 5.32 Å². The second kappa shape index (κ2) is 5.83. The molecule has 0 aliphatic carbocycles. The molecule has 1 aromatic carbocycles. The normalized spacial score (nSPS) is 10.3. The third-order valence-electron chi connectivity index (χ3n) is 2.59. The number of benzene rings is 1. The van der Waals surface area contributed by atoms with Crippen LogP contribution in [-0.2, 0) is 11.3 Å². The Labute approximate surface area is 122 Å². The van der Waals surface area contributed by atoms with Crippen LogP contribution in [0, 0.1) is 6.92 Å². The Morgan fingerprint density at radius 1 is 1.45 bits per heavy atom. The first-order valence-corrected chi connectivity index (χ1v) is 6.45. The fourth-order valence-electron chi connectivity index (χ4n) is 1.61. The summed E-state index contributed by atoms with van der Waals surface area (Å²) < 4.78 is 2.09. The van der Waals surface area contributed by atoms with Crippen LogP contribution in [0.3, 0.4) is 0 Å². The summed E-state index contributed by atoms with van der Waals surface area (Å²) in [4.78, 5) is 22.7. The van der Waals surface area contributed by atoms with Gasteiger partial charge in [0.2, 0.25) is 5.91 Å². The summed E-state index contributed by atoms with van der Waals surface area (Å²) in [6.45, 7) is 1.45. The van der Waals surface area contributed by atoms with E-state index in [1.165, 1.54) is 4.68 Å². The highest BCUT2D eigenvalue weighted by Gasteiger charge is 2.16. The highest BCUT2D eigenvalue weighted by molar-refractivity contribution is 9.10. The van der Waals surface area contributed by atoms with Crippen molar-refractivity contribution in [1.29, 1.82) is 0 Å². The van der Waals surface area contributed by atoms with Gasteiger partial charge in [-0.25, -0.2) is 9.48 Å². The molecule has 2 rings (SSSR count). The number of carboxylic acid groups (broad SMARTS) is 1. The lowest BCUT2D eigenvalue weighted by atomic mass is 10.3. The standard InChI is InChI=1S/C12H11BrN4O3/c1-7-11(12(19)20)15-16-17(7)6-10(18)14-9-4-2-3-8(13)5-9/h2-5H,6H2,1H3,(H,14,18)(H,19,20). The molecule has 0 radical (unpaired) electrons. The van der Waals surface area contributed by atoms with Crippen LogP contribution in [-0.4, -0.2) is 32.0 Å². The van der Waals surface area contributed by atoms with Gasteiger partial charge in [0, 0.05) is 10.2 Å². The summed E-state index contributed by atoms with van der Waals surface area (Å²) >= 11 is 3.31. The monoisotopic (exact) mass is 338 g/mol. The molecule has 1 heterocycles. The molecule has 0 atom stereocenters. The summed E-state index contributed by atoms with van der Waals surface area (Å²) in [7, 11) is 0. The van der Waals surface area contributed by atoms with Crippen LogP contribution in [0.15, 0.2) is 28.7 Å². The molecule has 20 heavy (non-hydrogen) atoms. The number of aromatic nitrogens is 3. The van der Waals surface area contributed by atoms with Crippen molar-refractivity contribution in [2.45, 2.75) is 13.5 Å². The van der Waals surface area contributed by atoms with Crippen LogP contribution in [0.4, 0.5) is 5.69 Å². The molecule has 0 aliphatic rings. The fraction of sp³-hybridized carbons (Fsp3) is 0.167. The molecular weight excluding hydrogens is 328 g/mol. The minimum absolute atomic E-state index is 0.0986. The van der Waals surface area contributed by atoms with Gasteiger partial charge in [-0.2, -0.15) is 0 Å². The molecule has 0 saturated carbocycles. The van der Waals surface area contributed by atoms with Crippen molar-refractivity contribution < 1.29 is 14.7 Å². The van der Waals surface area contributed by atoms with Gasteiger partial charge in [0.25, 0.3) is 0 Å². The lowest BCUT2D eigenvalue weighted by Gasteiger charge is -2.06. The van der Waals surface area contributed by atoms with Gasteiger partial charge in [0.1, 0.15) is 6.54 Å². The first-order valence-electron chi connectivity index (χ1n) is 5.66. The van der Waals surface area contributed by atoms with Crippen LogP contribution >= 0.6 is 15.9 Å². The number of anilines is 1. The molecule has 0 aliphatic heterocycles. The molecule has 0 fully saturated rings. The number of nitrogens with one attached hydrogen (secondary N) is 1. The summed E-state index contributed by atoms with van der Waals surface area (Å²) in [5.41, 5.74) is 0.822. The Morgan fingerprint density at radius 2 is 2.20 bits per heavy atom. The molecule has 2 N–H and O–H groups in total. The second-order valence-electron chi connectivity index (χ2n) is 4.04. The lowest BCUT2D eigenvalue weighted by Crippen LogP contribution is -2.20. The average molecular weight is 339 g/mol. The Bertz CT molecular complexity index is 668. The molecule has 104 valence electrons. The minimum Gasteiger partial charge on any atom is -0.476 e. The molecule has 1 amide bonds. The quantitative estimate of drug-likeness (QED) is 0.883. The topological polar surface area (TPSA) is 97.1 Å². The first kappa shape index (κ1) is 14.2. The third-order valence-corrected chi connectivity index (χ3v) is 3.08. The zero-order valence-corrected chi connectivity index (χ0v) is 12.1. The number of hydrogen-bond acceptors (Lipinski definition) is 4. The van der Waals surface area contributed by atoms with E-state index in [9.17, 15) is 9.59 Å². The van der Waals surface area contributed by atoms with Gasteiger partial charge >= 0.3 is 5.97 Å². The third kappa shape index (κ3) is 3.21. The van der Waals surface area contributed by atoms with Crippen LogP contribution in [0.5, 0.6) is 0 Å². The van der Waals surface area contributed by atoms with E-state index < -0.39 is 5.97 Å². The molecular formula is C12H11BrN4O3. The Hall–Kier alpha value is -2.22. The molecule has 7 nitrogen and oxygen atoms in total. The number of aromatic carboxylic acids is 1. The van der Waals surface area contributed by atoms with Crippen LogP contribution in [0.1, 0.15) is 16.2 Å². The van der Waals surface area contributed by atoms with E-state index in [2.05, 4.69) is 31.6 Å². The van der Waals surface area contributed by atoms with E-state index in [1.807, 2.05) is 6.07 Å². The highest BCUT2D eigenvalue weighted by atomic mass is 79.9. The van der Waals surface area contributed by atoms with Gasteiger partial charge in [-0.15, -0.1) is 5.10 Å². The number of carboxylic acids is 1. The SMILES string of the molecule is Cc1c(C(=O)O)nnn1CC(=O)Nc1cccc(Br)c1. The van der Waals surface area contributed by atoms with E-state index >= 15 is 0 Å². The van der Waals surface area contributed by atoms with E-state index in [0.29, 0.717) is 11.4 Å². The predicted octanol–water partition coefficient (Wildman–Crippen LogP) is 1.69. The van der Waals surface area contributed by atoms with Crippen molar-refractivity contribution in [3.05, 3.63) is 40.1 Å². The van der Waals surface area contributed by atoms with Gasteiger partial charge < -0.3 is 10.4 Å². The number of carbonyl (C=O) groups is 2. The van der Waals surface area contributed by atoms with Crippen molar-refractivity contribution in [3.8, 4) is 0 Å². The molecule has 2 aromatic rings. The highest BCUT2D eigenvalue weighted by Crippen LogP contribution is 2.15. The zero-order valence-electron chi connectivity index (χ0n) is 10.5. The van der Waals surface area contributed by atoms with Crippen molar-refractivity contribution >= 4 is 33.5 Å².